The van der Waals surface area contributed by atoms with Crippen LogP contribution in [0.4, 0.5) is 5.82 Å². The first-order chi connectivity index (χ1) is 8.93. The molecule has 4 nitrogen and oxygen atoms in total. The minimum Gasteiger partial charge on any atom is -0.445 e. The molecule has 0 aromatic carbocycles. The molecule has 19 heavy (non-hydrogen) atoms. The van der Waals surface area contributed by atoms with Gasteiger partial charge >= 0.3 is 0 Å². The summed E-state index contributed by atoms with van der Waals surface area (Å²) in [7, 11) is 1.83. The van der Waals surface area contributed by atoms with E-state index >= 15 is 0 Å². The average molecular weight is 454 g/mol. The molecule has 0 fully saturated rings. The van der Waals surface area contributed by atoms with Gasteiger partial charge in [-0.05, 0) is 53.7 Å². The minimum atomic E-state index is 0.282. The number of hydrogen-bond donors (Lipinski definition) is 1. The molecule has 2 heterocycles. The fourth-order valence-corrected chi connectivity index (χ4v) is 2.99. The van der Waals surface area contributed by atoms with Gasteiger partial charge in [0.05, 0.1) is 14.6 Å². The van der Waals surface area contributed by atoms with Gasteiger partial charge in [-0.2, -0.15) is 0 Å². The molecule has 2 rings (SSSR count). The molecule has 0 aliphatic carbocycles. The standard InChI is InChI=1S/C12H12Br3N3O/c1-5(2)9-8(14)12(16-3)18-11(17-9)7-4-6(13)10(15)19-7/h4-5H,1-3H3,(H,16,17,18). The highest BCUT2D eigenvalue weighted by Crippen LogP contribution is 2.35. The normalized spacial score (nSPS) is 11.1. The quantitative estimate of drug-likeness (QED) is 0.694. The third kappa shape index (κ3) is 3.03. The summed E-state index contributed by atoms with van der Waals surface area (Å²) >= 11 is 10.2. The Balaban J connectivity index is 2.60. The van der Waals surface area contributed by atoms with Crippen LogP contribution >= 0.6 is 47.8 Å². The Bertz CT molecular complexity index is 591. The summed E-state index contributed by atoms with van der Waals surface area (Å²) in [5.74, 6) is 2.20. The van der Waals surface area contributed by atoms with Crippen molar-refractivity contribution in [3.8, 4) is 11.6 Å². The molecule has 102 valence electrons. The van der Waals surface area contributed by atoms with E-state index in [1.54, 1.807) is 0 Å². The maximum Gasteiger partial charge on any atom is 0.198 e. The van der Waals surface area contributed by atoms with Crippen LogP contribution in [0.25, 0.3) is 11.6 Å². The number of anilines is 1. The van der Waals surface area contributed by atoms with E-state index in [2.05, 4.69) is 76.9 Å². The Morgan fingerprint density at radius 1 is 1.21 bits per heavy atom. The van der Waals surface area contributed by atoms with Gasteiger partial charge in [-0.25, -0.2) is 9.97 Å². The SMILES string of the molecule is CNc1nc(-c2cc(Br)c(Br)o2)nc(C(C)C)c1Br. The van der Waals surface area contributed by atoms with Gasteiger partial charge in [0, 0.05) is 13.1 Å². The molecule has 0 amide bonds. The summed E-state index contributed by atoms with van der Waals surface area (Å²) in [5, 5.41) is 3.06. The lowest BCUT2D eigenvalue weighted by molar-refractivity contribution is 0.548. The number of aromatic nitrogens is 2. The molecule has 2 aromatic heterocycles. The van der Waals surface area contributed by atoms with E-state index in [-0.39, 0.29) is 5.92 Å². The fraction of sp³-hybridized carbons (Fsp3) is 0.333. The van der Waals surface area contributed by atoms with Crippen LogP contribution in [-0.4, -0.2) is 17.0 Å². The van der Waals surface area contributed by atoms with Crippen molar-refractivity contribution in [3.05, 3.63) is 25.4 Å². The highest BCUT2D eigenvalue weighted by atomic mass is 79.9. The van der Waals surface area contributed by atoms with Crippen molar-refractivity contribution in [3.63, 3.8) is 0 Å². The van der Waals surface area contributed by atoms with Crippen LogP contribution in [0.1, 0.15) is 25.5 Å². The Morgan fingerprint density at radius 3 is 2.37 bits per heavy atom. The lowest BCUT2D eigenvalue weighted by Crippen LogP contribution is -2.04. The van der Waals surface area contributed by atoms with Gasteiger partial charge in [0.25, 0.3) is 0 Å². The second-order valence-electron chi connectivity index (χ2n) is 4.23. The van der Waals surface area contributed by atoms with Crippen molar-refractivity contribution in [1.29, 1.82) is 0 Å². The third-order valence-electron chi connectivity index (χ3n) is 2.53. The van der Waals surface area contributed by atoms with Crippen LogP contribution in [0, 0.1) is 0 Å². The Morgan fingerprint density at radius 2 is 1.89 bits per heavy atom. The first kappa shape index (κ1) is 15.0. The van der Waals surface area contributed by atoms with Gasteiger partial charge in [-0.15, -0.1) is 0 Å². The number of furan rings is 1. The van der Waals surface area contributed by atoms with Gasteiger partial charge in [-0.3, -0.25) is 0 Å². The zero-order valence-electron chi connectivity index (χ0n) is 10.6. The van der Waals surface area contributed by atoms with Crippen molar-refractivity contribution < 1.29 is 4.42 Å². The van der Waals surface area contributed by atoms with E-state index in [1.165, 1.54) is 0 Å². The van der Waals surface area contributed by atoms with Crippen molar-refractivity contribution in [1.82, 2.24) is 9.97 Å². The molecular formula is C12H12Br3N3O. The van der Waals surface area contributed by atoms with Crippen LogP contribution in [0.15, 0.2) is 24.1 Å². The minimum absolute atomic E-state index is 0.282. The molecule has 0 radical (unpaired) electrons. The van der Waals surface area contributed by atoms with Crippen LogP contribution in [-0.2, 0) is 0 Å². The molecule has 0 spiro atoms. The highest BCUT2D eigenvalue weighted by Gasteiger charge is 2.18. The molecule has 0 unspecified atom stereocenters. The molecule has 0 atom stereocenters. The van der Waals surface area contributed by atoms with Gasteiger partial charge < -0.3 is 9.73 Å². The third-order valence-corrected chi connectivity index (χ3v) is 5.02. The number of rotatable bonds is 3. The van der Waals surface area contributed by atoms with E-state index in [1.807, 2.05) is 13.1 Å². The molecule has 2 aromatic rings. The predicted octanol–water partition coefficient (Wildman–Crippen LogP) is 5.19. The molecule has 0 aliphatic heterocycles. The molecular weight excluding hydrogens is 442 g/mol. The number of nitrogens with zero attached hydrogens (tertiary/aromatic N) is 2. The molecule has 0 bridgehead atoms. The smallest absolute Gasteiger partial charge is 0.198 e. The summed E-state index contributed by atoms with van der Waals surface area (Å²) in [6.07, 6.45) is 0. The Kier molecular flexibility index (Phi) is 4.68. The monoisotopic (exact) mass is 451 g/mol. The summed E-state index contributed by atoms with van der Waals surface area (Å²) in [6.45, 7) is 4.18. The van der Waals surface area contributed by atoms with Crippen molar-refractivity contribution in [2.45, 2.75) is 19.8 Å². The zero-order valence-corrected chi connectivity index (χ0v) is 15.3. The van der Waals surface area contributed by atoms with Crippen molar-refractivity contribution in [2.24, 2.45) is 0 Å². The lowest BCUT2D eigenvalue weighted by atomic mass is 10.1. The number of nitrogens with one attached hydrogen (secondary N) is 1. The largest absolute Gasteiger partial charge is 0.445 e. The second kappa shape index (κ2) is 5.93. The van der Waals surface area contributed by atoms with E-state index < -0.39 is 0 Å². The maximum absolute atomic E-state index is 5.58. The second-order valence-corrected chi connectivity index (χ2v) is 6.60. The van der Waals surface area contributed by atoms with Gasteiger partial charge in [0.2, 0.25) is 0 Å². The molecule has 0 aliphatic rings. The van der Waals surface area contributed by atoms with E-state index in [0.717, 1.165) is 20.5 Å². The van der Waals surface area contributed by atoms with E-state index in [0.29, 0.717) is 16.3 Å². The first-order valence-corrected chi connectivity index (χ1v) is 8.02. The van der Waals surface area contributed by atoms with Gasteiger partial charge in [0.15, 0.2) is 16.3 Å². The summed E-state index contributed by atoms with van der Waals surface area (Å²) in [4.78, 5) is 9.03. The predicted molar refractivity (Wildman–Crippen MR) is 86.5 cm³/mol. The van der Waals surface area contributed by atoms with Crippen LogP contribution < -0.4 is 5.32 Å². The molecule has 1 N–H and O–H groups in total. The topological polar surface area (TPSA) is 51.0 Å². The molecule has 7 heteroatoms. The van der Waals surface area contributed by atoms with Gasteiger partial charge in [-0.1, -0.05) is 13.8 Å². The Labute approximate surface area is 136 Å². The molecule has 0 saturated carbocycles. The number of hydrogen-bond acceptors (Lipinski definition) is 4. The van der Waals surface area contributed by atoms with Crippen LogP contribution in [0.5, 0.6) is 0 Å². The maximum atomic E-state index is 5.58. The van der Waals surface area contributed by atoms with E-state index in [4.69, 9.17) is 4.42 Å². The Hall–Kier alpha value is -0.400. The fourth-order valence-electron chi connectivity index (χ4n) is 1.58. The lowest BCUT2D eigenvalue weighted by Gasteiger charge is -2.12. The summed E-state index contributed by atoms with van der Waals surface area (Å²) in [6, 6.07) is 1.84. The molecule has 0 saturated heterocycles. The number of halogens is 3. The first-order valence-electron chi connectivity index (χ1n) is 5.64. The van der Waals surface area contributed by atoms with Crippen LogP contribution in [0.2, 0.25) is 0 Å². The summed E-state index contributed by atoms with van der Waals surface area (Å²) in [5.41, 5.74) is 0.943. The summed E-state index contributed by atoms with van der Waals surface area (Å²) < 4.78 is 7.93. The van der Waals surface area contributed by atoms with Crippen LogP contribution in [0.3, 0.4) is 0 Å². The highest BCUT2D eigenvalue weighted by molar-refractivity contribution is 9.13. The van der Waals surface area contributed by atoms with Gasteiger partial charge in [0.1, 0.15) is 5.82 Å². The van der Waals surface area contributed by atoms with Crippen molar-refractivity contribution in [2.75, 3.05) is 12.4 Å². The van der Waals surface area contributed by atoms with E-state index in [9.17, 15) is 0 Å². The average Bonchev–Trinajstić information content (AvgIpc) is 2.69. The zero-order chi connectivity index (χ0) is 14.2. The van der Waals surface area contributed by atoms with Crippen molar-refractivity contribution >= 4 is 53.6 Å².